The van der Waals surface area contributed by atoms with Gasteiger partial charge < -0.3 is 15.6 Å². The third-order valence-corrected chi connectivity index (χ3v) is 5.48. The number of nitrogens with two attached hydrogens (primary N) is 1. The third-order valence-electron chi connectivity index (χ3n) is 5.48. The molecule has 0 aromatic heterocycles. The fraction of sp³-hybridized carbons (Fsp3) is 0.185. The molecule has 0 fully saturated rings. The molecule has 4 aromatic carbocycles. The van der Waals surface area contributed by atoms with Crippen molar-refractivity contribution in [2.24, 2.45) is 10.8 Å². The second-order valence-electron chi connectivity index (χ2n) is 7.77. The fourth-order valence-corrected chi connectivity index (χ4v) is 3.88. The summed E-state index contributed by atoms with van der Waals surface area (Å²) in [7, 11) is 1.40. The number of hydrogen-bond donors (Lipinski definition) is 2. The summed E-state index contributed by atoms with van der Waals surface area (Å²) < 4.78 is 4.81. The summed E-state index contributed by atoms with van der Waals surface area (Å²) in [6.07, 6.45) is 1.30. The number of benzene rings is 4. The van der Waals surface area contributed by atoms with E-state index in [4.69, 9.17) is 16.0 Å². The lowest BCUT2D eigenvalue weighted by atomic mass is 9.99. The van der Waals surface area contributed by atoms with Crippen molar-refractivity contribution in [2.45, 2.75) is 12.8 Å². The Balaban J connectivity index is 0.000000196. The van der Waals surface area contributed by atoms with Gasteiger partial charge in [0.15, 0.2) is 0 Å². The van der Waals surface area contributed by atoms with E-state index in [-0.39, 0.29) is 11.5 Å². The first-order valence-electron chi connectivity index (χ1n) is 11.0. The van der Waals surface area contributed by atoms with Gasteiger partial charge in [-0.15, -0.1) is 0 Å². The molecule has 8 nitrogen and oxygen atoms in total. The number of nitrogens with zero attached hydrogens (tertiary/aromatic N) is 3. The molecule has 8 heteroatoms. The van der Waals surface area contributed by atoms with Crippen LogP contribution in [0.5, 0.6) is 0 Å². The minimum atomic E-state index is -0.947. The largest absolute Gasteiger partial charge is 0.478 e. The molecular formula is C27H26N4O4. The fourth-order valence-electron chi connectivity index (χ4n) is 3.88. The van der Waals surface area contributed by atoms with Crippen molar-refractivity contribution >= 4 is 33.5 Å². The highest BCUT2D eigenvalue weighted by molar-refractivity contribution is 6.05. The van der Waals surface area contributed by atoms with Crippen LogP contribution in [0.25, 0.3) is 32.0 Å². The van der Waals surface area contributed by atoms with Crippen LogP contribution >= 0.6 is 0 Å². The van der Waals surface area contributed by atoms with Gasteiger partial charge in [0.05, 0.1) is 18.2 Å². The zero-order chi connectivity index (χ0) is 25.2. The Hall–Kier alpha value is -4.39. The van der Waals surface area contributed by atoms with Gasteiger partial charge in [0.2, 0.25) is 0 Å². The Bertz CT molecular complexity index is 1410. The van der Waals surface area contributed by atoms with Gasteiger partial charge in [-0.1, -0.05) is 65.8 Å². The maximum atomic E-state index is 11.7. The van der Waals surface area contributed by atoms with Crippen molar-refractivity contribution in [1.29, 1.82) is 0 Å². The van der Waals surface area contributed by atoms with Crippen LogP contribution < -0.4 is 5.73 Å². The van der Waals surface area contributed by atoms with Crippen molar-refractivity contribution in [1.82, 2.24) is 0 Å². The summed E-state index contributed by atoms with van der Waals surface area (Å²) in [5.74, 6) is -1.25. The summed E-state index contributed by atoms with van der Waals surface area (Å²) in [5.41, 5.74) is 16.6. The zero-order valence-corrected chi connectivity index (χ0v) is 19.3. The second-order valence-corrected chi connectivity index (χ2v) is 7.77. The van der Waals surface area contributed by atoms with Gasteiger partial charge in [0.1, 0.15) is 0 Å². The van der Waals surface area contributed by atoms with Crippen LogP contribution in [-0.2, 0) is 17.6 Å². The minimum Gasteiger partial charge on any atom is -0.478 e. The number of carboxylic acid groups (broad SMARTS) is 1. The topological polar surface area (TPSA) is 138 Å². The smallest absolute Gasteiger partial charge is 0.338 e. The van der Waals surface area contributed by atoms with E-state index in [1.807, 2.05) is 54.6 Å². The monoisotopic (exact) mass is 470 g/mol. The molecule has 4 aromatic rings. The molecule has 0 atom stereocenters. The first-order chi connectivity index (χ1) is 17.0. The van der Waals surface area contributed by atoms with Gasteiger partial charge in [-0.05, 0) is 69.7 Å². The normalized spacial score (nSPS) is 10.2. The number of methoxy groups -OCH3 is 1. The van der Waals surface area contributed by atoms with Gasteiger partial charge in [0.25, 0.3) is 0 Å². The maximum Gasteiger partial charge on any atom is 0.338 e. The molecule has 0 heterocycles. The predicted molar refractivity (Wildman–Crippen MR) is 137 cm³/mol. The van der Waals surface area contributed by atoms with E-state index < -0.39 is 5.97 Å². The van der Waals surface area contributed by atoms with Crippen LogP contribution in [0.4, 0.5) is 0 Å². The molecule has 0 amide bonds. The minimum absolute atomic E-state index is 0.282. The molecule has 0 aliphatic heterocycles. The molecule has 35 heavy (non-hydrogen) atoms. The Morgan fingerprint density at radius 1 is 0.914 bits per heavy atom. The number of rotatable bonds is 7. The van der Waals surface area contributed by atoms with Gasteiger partial charge >= 0.3 is 11.9 Å². The lowest BCUT2D eigenvalue weighted by molar-refractivity contribution is 0.0602. The molecule has 178 valence electrons. The number of azide groups is 1. The van der Waals surface area contributed by atoms with Crippen LogP contribution in [0.2, 0.25) is 0 Å². The molecule has 0 saturated carbocycles. The predicted octanol–water partition coefficient (Wildman–Crippen LogP) is 5.52. The van der Waals surface area contributed by atoms with Crippen LogP contribution in [0, 0.1) is 0 Å². The molecule has 0 aliphatic rings. The summed E-state index contributed by atoms with van der Waals surface area (Å²) in [6.45, 7) is 0.896. The van der Waals surface area contributed by atoms with Crippen LogP contribution in [0.1, 0.15) is 31.8 Å². The first kappa shape index (κ1) is 25.2. The molecule has 0 radical (unpaired) electrons. The number of esters is 1. The van der Waals surface area contributed by atoms with Crippen LogP contribution in [0.15, 0.2) is 77.9 Å². The molecule has 0 aliphatic carbocycles. The average molecular weight is 471 g/mol. The molecule has 0 unspecified atom stereocenters. The molecule has 0 spiro atoms. The van der Waals surface area contributed by atoms with Crippen molar-refractivity contribution < 1.29 is 19.4 Å². The SMILES string of the molecule is COC(=O)c1cc(CCN)cc2ccccc12.[N-]=[N+]=NCCc1cc(C(=O)O)c2ccccc2c1. The van der Waals surface area contributed by atoms with Crippen molar-refractivity contribution in [3.8, 4) is 0 Å². The number of fused-ring (bicyclic) bond motifs is 2. The summed E-state index contributed by atoms with van der Waals surface area (Å²) in [6, 6.07) is 22.6. The standard InChI is InChI=1S/C14H15NO2.C13H11N3O2/c1-17-14(16)13-9-10(6-7-15)8-11-4-2-3-5-12(11)13;14-16-15-6-5-9-7-10-3-1-2-4-11(10)12(8-9)13(17)18/h2-5,8-9H,6-7,15H2,1H3;1-4,7-8H,5-6H2,(H,17,18). The highest BCUT2D eigenvalue weighted by atomic mass is 16.5. The van der Waals surface area contributed by atoms with E-state index in [1.54, 1.807) is 12.1 Å². The van der Waals surface area contributed by atoms with E-state index in [2.05, 4.69) is 16.1 Å². The first-order valence-corrected chi connectivity index (χ1v) is 11.0. The van der Waals surface area contributed by atoms with Crippen molar-refractivity contribution in [3.63, 3.8) is 0 Å². The molecule has 0 saturated heterocycles. The Morgan fingerprint density at radius 2 is 1.46 bits per heavy atom. The van der Waals surface area contributed by atoms with E-state index >= 15 is 0 Å². The number of carbonyl (C=O) groups is 2. The quantitative estimate of drug-likeness (QED) is 0.158. The molecule has 3 N–H and O–H groups in total. The van der Waals surface area contributed by atoms with Gasteiger partial charge in [-0.3, -0.25) is 0 Å². The lowest BCUT2D eigenvalue weighted by Gasteiger charge is -2.08. The van der Waals surface area contributed by atoms with Crippen LogP contribution in [-0.4, -0.2) is 37.2 Å². The molecule has 4 rings (SSSR count). The summed E-state index contributed by atoms with van der Waals surface area (Å²) in [5, 5.41) is 16.2. The number of aromatic carboxylic acids is 1. The van der Waals surface area contributed by atoms with Gasteiger partial charge in [-0.25, -0.2) is 9.59 Å². The second kappa shape index (κ2) is 12.2. The lowest BCUT2D eigenvalue weighted by Crippen LogP contribution is -2.06. The highest BCUT2D eigenvalue weighted by Crippen LogP contribution is 2.23. The zero-order valence-electron chi connectivity index (χ0n) is 19.3. The number of carbonyl (C=O) groups excluding carboxylic acids is 1. The van der Waals surface area contributed by atoms with E-state index in [0.717, 1.165) is 39.1 Å². The third kappa shape index (κ3) is 6.35. The van der Waals surface area contributed by atoms with Crippen molar-refractivity contribution in [2.75, 3.05) is 20.2 Å². The summed E-state index contributed by atoms with van der Waals surface area (Å²) >= 11 is 0. The summed E-state index contributed by atoms with van der Waals surface area (Å²) in [4.78, 5) is 25.6. The van der Waals surface area contributed by atoms with E-state index in [0.29, 0.717) is 25.1 Å². The number of hydrogen-bond acceptors (Lipinski definition) is 5. The van der Waals surface area contributed by atoms with Gasteiger partial charge in [-0.2, -0.15) is 0 Å². The Kier molecular flexibility index (Phi) is 8.78. The van der Waals surface area contributed by atoms with E-state index in [9.17, 15) is 14.7 Å². The Labute approximate surface area is 202 Å². The van der Waals surface area contributed by atoms with Crippen LogP contribution in [0.3, 0.4) is 0 Å². The highest BCUT2D eigenvalue weighted by Gasteiger charge is 2.12. The number of ether oxygens (including phenoxy) is 1. The number of carboxylic acids is 1. The van der Waals surface area contributed by atoms with E-state index in [1.165, 1.54) is 7.11 Å². The van der Waals surface area contributed by atoms with Crippen molar-refractivity contribution in [3.05, 3.63) is 105 Å². The van der Waals surface area contributed by atoms with Gasteiger partial charge in [0, 0.05) is 11.5 Å². The molecular weight excluding hydrogens is 444 g/mol. The average Bonchev–Trinajstić information content (AvgIpc) is 2.88. The Morgan fingerprint density at radius 3 is 2.00 bits per heavy atom. The molecule has 0 bridgehead atoms. The maximum absolute atomic E-state index is 11.7.